The van der Waals surface area contributed by atoms with Gasteiger partial charge in [0.05, 0.1) is 11.9 Å². The second-order valence-corrected chi connectivity index (χ2v) is 6.41. The predicted molar refractivity (Wildman–Crippen MR) is 103 cm³/mol. The minimum atomic E-state index is -1.11. The van der Waals surface area contributed by atoms with Crippen LogP contribution in [0, 0.1) is 11.3 Å². The number of carboxylic acids is 1. The number of hydrogen-bond acceptors (Lipinski definition) is 5. The number of aryl methyl sites for hydroxylation is 2. The Morgan fingerprint density at radius 2 is 1.75 bits per heavy atom. The Balaban J connectivity index is 2.04. The molecule has 0 aliphatic heterocycles. The van der Waals surface area contributed by atoms with Crippen LogP contribution in [0.25, 0.3) is 10.9 Å². The average Bonchev–Trinajstić information content (AvgIpc) is 2.70. The molecule has 3 aromatic rings. The molecule has 0 amide bonds. The second-order valence-electron chi connectivity index (χ2n) is 6.41. The molecule has 0 unspecified atom stereocenters. The van der Waals surface area contributed by atoms with Gasteiger partial charge in [-0.2, -0.15) is 5.26 Å². The van der Waals surface area contributed by atoms with E-state index in [0.717, 1.165) is 17.5 Å². The van der Waals surface area contributed by atoms with Gasteiger partial charge in [0.2, 0.25) is 0 Å². The topological polar surface area (TPSA) is 111 Å². The standard InChI is InChI=1S/C22H18N2O4/c23-13-17-16-8-4-7-15(10-9-14-5-2-1-3-6-14)20(16)24-21(22(17)28)18(25)11-12-19(26)27/h1-8,28H,9-12H2,(H,26,27). The van der Waals surface area contributed by atoms with Gasteiger partial charge >= 0.3 is 5.97 Å². The monoisotopic (exact) mass is 374 g/mol. The number of aromatic nitrogens is 1. The van der Waals surface area contributed by atoms with Crippen LogP contribution in [0.5, 0.6) is 5.75 Å². The van der Waals surface area contributed by atoms with Crippen molar-refractivity contribution in [2.24, 2.45) is 0 Å². The van der Waals surface area contributed by atoms with Gasteiger partial charge in [0.25, 0.3) is 0 Å². The van der Waals surface area contributed by atoms with Crippen molar-refractivity contribution in [2.75, 3.05) is 0 Å². The summed E-state index contributed by atoms with van der Waals surface area (Å²) in [4.78, 5) is 27.4. The summed E-state index contributed by atoms with van der Waals surface area (Å²) >= 11 is 0. The predicted octanol–water partition coefficient (Wildman–Crippen LogP) is 3.64. The molecule has 6 heteroatoms. The van der Waals surface area contributed by atoms with Crippen LogP contribution in [-0.2, 0) is 17.6 Å². The maximum atomic E-state index is 12.4. The SMILES string of the molecule is N#Cc1c(O)c(C(=O)CCC(=O)O)nc2c(CCc3ccccc3)cccc12. The molecule has 6 nitrogen and oxygen atoms in total. The van der Waals surface area contributed by atoms with Gasteiger partial charge in [-0.25, -0.2) is 4.98 Å². The summed E-state index contributed by atoms with van der Waals surface area (Å²) in [5.41, 5.74) is 2.20. The molecule has 0 saturated carbocycles. The number of carbonyl (C=O) groups is 2. The number of aromatic hydroxyl groups is 1. The first kappa shape index (κ1) is 19.1. The molecule has 0 aliphatic carbocycles. The molecule has 3 rings (SSSR count). The number of para-hydroxylation sites is 1. The number of Topliss-reactive ketones (excluding diaryl/α,β-unsaturated/α-hetero) is 1. The van der Waals surface area contributed by atoms with Gasteiger partial charge in [-0.1, -0.05) is 48.5 Å². The molecule has 0 fully saturated rings. The summed E-state index contributed by atoms with van der Waals surface area (Å²) < 4.78 is 0. The van der Waals surface area contributed by atoms with E-state index in [2.05, 4.69) is 4.98 Å². The fourth-order valence-electron chi connectivity index (χ4n) is 3.11. The molecule has 28 heavy (non-hydrogen) atoms. The number of rotatable bonds is 7. The highest BCUT2D eigenvalue weighted by Crippen LogP contribution is 2.31. The number of aliphatic carboxylic acids is 1. The van der Waals surface area contributed by atoms with Gasteiger partial charge in [0.15, 0.2) is 11.5 Å². The quantitative estimate of drug-likeness (QED) is 0.611. The lowest BCUT2D eigenvalue weighted by molar-refractivity contribution is -0.136. The van der Waals surface area contributed by atoms with E-state index in [-0.39, 0.29) is 24.1 Å². The fourth-order valence-corrected chi connectivity index (χ4v) is 3.11. The summed E-state index contributed by atoms with van der Waals surface area (Å²) in [6, 6.07) is 17.2. The Hall–Kier alpha value is -3.72. The number of nitriles is 1. The first-order valence-corrected chi connectivity index (χ1v) is 8.85. The van der Waals surface area contributed by atoms with Crippen LogP contribution in [0.15, 0.2) is 48.5 Å². The maximum Gasteiger partial charge on any atom is 0.303 e. The van der Waals surface area contributed by atoms with Gasteiger partial charge in [0, 0.05) is 11.8 Å². The average molecular weight is 374 g/mol. The summed E-state index contributed by atoms with van der Waals surface area (Å²) in [7, 11) is 0. The van der Waals surface area contributed by atoms with Crippen molar-refractivity contribution in [3.05, 3.63) is 70.9 Å². The molecule has 1 heterocycles. The molecule has 0 saturated heterocycles. The molecule has 0 aliphatic rings. The Kier molecular flexibility index (Phi) is 5.66. The first-order chi connectivity index (χ1) is 13.5. The first-order valence-electron chi connectivity index (χ1n) is 8.85. The van der Waals surface area contributed by atoms with E-state index in [0.29, 0.717) is 17.3 Å². The van der Waals surface area contributed by atoms with Crippen molar-refractivity contribution in [3.63, 3.8) is 0 Å². The molecule has 0 atom stereocenters. The molecule has 2 N–H and O–H groups in total. The highest BCUT2D eigenvalue weighted by Gasteiger charge is 2.21. The fraction of sp³-hybridized carbons (Fsp3) is 0.182. The Morgan fingerprint density at radius 3 is 2.43 bits per heavy atom. The highest BCUT2D eigenvalue weighted by atomic mass is 16.4. The number of carboxylic acid groups (broad SMARTS) is 1. The van der Waals surface area contributed by atoms with Crippen LogP contribution in [0.3, 0.4) is 0 Å². The van der Waals surface area contributed by atoms with Gasteiger partial charge in [0.1, 0.15) is 17.3 Å². The van der Waals surface area contributed by atoms with Crippen molar-refractivity contribution in [3.8, 4) is 11.8 Å². The third-order valence-corrected chi connectivity index (χ3v) is 4.54. The third kappa shape index (κ3) is 3.99. The van der Waals surface area contributed by atoms with Gasteiger partial charge in [-0.3, -0.25) is 9.59 Å². The number of ketones is 1. The van der Waals surface area contributed by atoms with Crippen LogP contribution in [0.4, 0.5) is 0 Å². The lowest BCUT2D eigenvalue weighted by Gasteiger charge is -2.11. The van der Waals surface area contributed by atoms with Crippen molar-refractivity contribution in [1.29, 1.82) is 5.26 Å². The number of pyridine rings is 1. The zero-order valence-corrected chi connectivity index (χ0v) is 15.1. The van der Waals surface area contributed by atoms with E-state index >= 15 is 0 Å². The van der Waals surface area contributed by atoms with E-state index in [4.69, 9.17) is 5.11 Å². The Labute approximate surface area is 161 Å². The van der Waals surface area contributed by atoms with E-state index in [1.165, 1.54) is 0 Å². The Morgan fingerprint density at radius 1 is 1.00 bits per heavy atom. The van der Waals surface area contributed by atoms with E-state index in [9.17, 15) is 20.0 Å². The summed E-state index contributed by atoms with van der Waals surface area (Å²) in [6.07, 6.45) is 0.743. The lowest BCUT2D eigenvalue weighted by Crippen LogP contribution is -2.08. The summed E-state index contributed by atoms with van der Waals surface area (Å²) in [6.45, 7) is 0. The normalized spacial score (nSPS) is 10.5. The molecular weight excluding hydrogens is 356 g/mol. The van der Waals surface area contributed by atoms with Gasteiger partial charge in [-0.05, 0) is 24.0 Å². The number of fused-ring (bicyclic) bond motifs is 1. The zero-order chi connectivity index (χ0) is 20.1. The zero-order valence-electron chi connectivity index (χ0n) is 15.1. The smallest absolute Gasteiger partial charge is 0.303 e. The van der Waals surface area contributed by atoms with E-state index < -0.39 is 17.5 Å². The van der Waals surface area contributed by atoms with Crippen LogP contribution in [0.1, 0.15) is 40.0 Å². The molecule has 140 valence electrons. The van der Waals surface area contributed by atoms with Crippen LogP contribution < -0.4 is 0 Å². The van der Waals surface area contributed by atoms with Crippen LogP contribution >= 0.6 is 0 Å². The largest absolute Gasteiger partial charge is 0.504 e. The Bertz CT molecular complexity index is 1090. The van der Waals surface area contributed by atoms with Crippen molar-refractivity contribution in [1.82, 2.24) is 4.98 Å². The van der Waals surface area contributed by atoms with Gasteiger partial charge in [-0.15, -0.1) is 0 Å². The third-order valence-electron chi connectivity index (χ3n) is 4.54. The van der Waals surface area contributed by atoms with Crippen molar-refractivity contribution in [2.45, 2.75) is 25.7 Å². The number of hydrogen-bond donors (Lipinski definition) is 2. The molecule has 1 aromatic heterocycles. The number of benzene rings is 2. The van der Waals surface area contributed by atoms with Crippen molar-refractivity contribution >= 4 is 22.7 Å². The molecular formula is C22H18N2O4. The van der Waals surface area contributed by atoms with Crippen LogP contribution in [0.2, 0.25) is 0 Å². The van der Waals surface area contributed by atoms with Crippen LogP contribution in [-0.4, -0.2) is 26.9 Å². The lowest BCUT2D eigenvalue weighted by atomic mass is 9.98. The second kappa shape index (κ2) is 8.31. The summed E-state index contributed by atoms with van der Waals surface area (Å²) in [5.74, 6) is -2.21. The van der Waals surface area contributed by atoms with Gasteiger partial charge < -0.3 is 10.2 Å². The number of carbonyl (C=O) groups excluding carboxylic acids is 1. The minimum absolute atomic E-state index is 0.0229. The van der Waals surface area contributed by atoms with Crippen molar-refractivity contribution < 1.29 is 19.8 Å². The minimum Gasteiger partial charge on any atom is -0.504 e. The van der Waals surface area contributed by atoms with E-state index in [1.54, 1.807) is 12.1 Å². The van der Waals surface area contributed by atoms with E-state index in [1.807, 2.05) is 42.5 Å². The summed E-state index contributed by atoms with van der Waals surface area (Å²) in [5, 5.41) is 29.1. The molecule has 2 aromatic carbocycles. The maximum absolute atomic E-state index is 12.4. The molecule has 0 radical (unpaired) electrons. The molecule has 0 bridgehead atoms. The number of nitrogens with zero attached hydrogens (tertiary/aromatic N) is 2. The molecule has 0 spiro atoms. The highest BCUT2D eigenvalue weighted by molar-refractivity contribution is 6.02.